The van der Waals surface area contributed by atoms with Crippen molar-refractivity contribution in [2.24, 2.45) is 5.92 Å². The number of thiophene rings is 1. The Bertz CT molecular complexity index is 567. The third kappa shape index (κ3) is 4.82. The van der Waals surface area contributed by atoms with Crippen molar-refractivity contribution in [3.8, 4) is 0 Å². The fourth-order valence-corrected chi connectivity index (χ4v) is 3.15. The molecule has 1 unspecified atom stereocenters. The average molecular weight is 325 g/mol. The second-order valence-electron chi connectivity index (χ2n) is 5.09. The van der Waals surface area contributed by atoms with Gasteiger partial charge in [0.05, 0.1) is 11.8 Å². The number of amides is 1. The molecule has 0 aliphatic rings. The lowest BCUT2D eigenvalue weighted by Crippen LogP contribution is -2.30. The van der Waals surface area contributed by atoms with Crippen LogP contribution in [0.2, 0.25) is 0 Å². The second-order valence-corrected chi connectivity index (χ2v) is 7.43. The van der Waals surface area contributed by atoms with Crippen molar-refractivity contribution in [1.29, 1.82) is 0 Å². The smallest absolute Gasteiger partial charge is 0.233 e. The molecule has 0 aromatic carbocycles. The van der Waals surface area contributed by atoms with E-state index in [1.165, 1.54) is 11.8 Å². The first kappa shape index (κ1) is 16.0. The lowest BCUT2D eigenvalue weighted by Gasteiger charge is -2.12. The Labute approximate surface area is 132 Å². The maximum Gasteiger partial charge on any atom is 0.233 e. The molecule has 0 fully saturated rings. The van der Waals surface area contributed by atoms with E-state index in [9.17, 15) is 4.79 Å². The van der Waals surface area contributed by atoms with Crippen LogP contribution in [0.1, 0.15) is 25.6 Å². The maximum absolute atomic E-state index is 12.1. The van der Waals surface area contributed by atoms with Crippen LogP contribution in [-0.2, 0) is 17.9 Å². The molecular formula is C13H19N5OS2. The van der Waals surface area contributed by atoms with Crippen LogP contribution in [0, 0.1) is 5.92 Å². The summed E-state index contributed by atoms with van der Waals surface area (Å²) in [6, 6.07) is 3.98. The topological polar surface area (TPSA) is 72.7 Å². The fourth-order valence-electron chi connectivity index (χ4n) is 1.68. The quantitative estimate of drug-likeness (QED) is 0.790. The van der Waals surface area contributed by atoms with E-state index in [-0.39, 0.29) is 11.2 Å². The van der Waals surface area contributed by atoms with Crippen molar-refractivity contribution >= 4 is 29.0 Å². The van der Waals surface area contributed by atoms with E-state index in [1.807, 2.05) is 24.4 Å². The van der Waals surface area contributed by atoms with Gasteiger partial charge in [-0.1, -0.05) is 31.7 Å². The summed E-state index contributed by atoms with van der Waals surface area (Å²) in [5.41, 5.74) is 0. The lowest BCUT2D eigenvalue weighted by molar-refractivity contribution is -0.120. The third-order valence-corrected chi connectivity index (χ3v) is 4.65. The summed E-state index contributed by atoms with van der Waals surface area (Å²) >= 11 is 3.02. The molecule has 0 saturated carbocycles. The zero-order valence-corrected chi connectivity index (χ0v) is 13.9. The van der Waals surface area contributed by atoms with Crippen molar-refractivity contribution < 1.29 is 4.79 Å². The molecule has 21 heavy (non-hydrogen) atoms. The number of thioether (sulfide) groups is 1. The molecule has 2 aromatic heterocycles. The van der Waals surface area contributed by atoms with E-state index in [4.69, 9.17) is 0 Å². The number of tetrazole rings is 1. The molecule has 1 amide bonds. The monoisotopic (exact) mass is 325 g/mol. The Morgan fingerprint density at radius 3 is 2.95 bits per heavy atom. The van der Waals surface area contributed by atoms with Crippen molar-refractivity contribution in [2.45, 2.75) is 44.3 Å². The van der Waals surface area contributed by atoms with Gasteiger partial charge in [-0.05, 0) is 34.7 Å². The van der Waals surface area contributed by atoms with Crippen molar-refractivity contribution in [3.63, 3.8) is 0 Å². The first-order valence-corrected chi connectivity index (χ1v) is 8.55. The van der Waals surface area contributed by atoms with E-state index in [2.05, 4.69) is 34.7 Å². The van der Waals surface area contributed by atoms with Crippen LogP contribution in [0.4, 0.5) is 0 Å². The van der Waals surface area contributed by atoms with Crippen LogP contribution < -0.4 is 5.32 Å². The first-order valence-electron chi connectivity index (χ1n) is 6.79. The molecule has 0 radical (unpaired) electrons. The molecule has 0 aliphatic carbocycles. The second kappa shape index (κ2) is 7.56. The number of rotatable bonds is 7. The third-order valence-electron chi connectivity index (χ3n) is 2.71. The summed E-state index contributed by atoms with van der Waals surface area (Å²) in [7, 11) is 0. The van der Waals surface area contributed by atoms with Gasteiger partial charge in [-0.2, -0.15) is 0 Å². The number of carbonyl (C=O) groups is 1. The highest BCUT2D eigenvalue weighted by Crippen LogP contribution is 2.21. The molecule has 114 valence electrons. The maximum atomic E-state index is 12.1. The lowest BCUT2D eigenvalue weighted by atomic mass is 10.2. The van der Waals surface area contributed by atoms with Gasteiger partial charge in [0, 0.05) is 11.4 Å². The van der Waals surface area contributed by atoms with E-state index >= 15 is 0 Å². The number of hydrogen-bond donors (Lipinski definition) is 1. The van der Waals surface area contributed by atoms with Gasteiger partial charge in [0.1, 0.15) is 0 Å². The van der Waals surface area contributed by atoms with Crippen molar-refractivity contribution in [2.75, 3.05) is 0 Å². The van der Waals surface area contributed by atoms with Crippen molar-refractivity contribution in [3.05, 3.63) is 22.4 Å². The molecule has 8 heteroatoms. The highest BCUT2D eigenvalue weighted by Gasteiger charge is 2.18. The summed E-state index contributed by atoms with van der Waals surface area (Å²) in [6.45, 7) is 7.39. The van der Waals surface area contributed by atoms with Crippen LogP contribution in [-0.4, -0.2) is 31.4 Å². The van der Waals surface area contributed by atoms with Gasteiger partial charge >= 0.3 is 0 Å². The van der Waals surface area contributed by atoms with Crippen LogP contribution in [0.3, 0.4) is 0 Å². The first-order chi connectivity index (χ1) is 10.1. The molecule has 2 rings (SSSR count). The van der Waals surface area contributed by atoms with Gasteiger partial charge in [-0.3, -0.25) is 4.79 Å². The van der Waals surface area contributed by atoms with Gasteiger partial charge in [0.15, 0.2) is 0 Å². The minimum atomic E-state index is -0.234. The molecule has 1 atom stereocenters. The van der Waals surface area contributed by atoms with Gasteiger partial charge in [-0.25, -0.2) is 4.68 Å². The van der Waals surface area contributed by atoms with Gasteiger partial charge in [0.25, 0.3) is 0 Å². The summed E-state index contributed by atoms with van der Waals surface area (Å²) in [5.74, 6) is 0.448. The number of carbonyl (C=O) groups excluding carboxylic acids is 1. The number of nitrogens with one attached hydrogen (secondary N) is 1. The zero-order chi connectivity index (χ0) is 15.2. The van der Waals surface area contributed by atoms with E-state index in [0.717, 1.165) is 11.4 Å². The Morgan fingerprint density at radius 1 is 1.48 bits per heavy atom. The number of aromatic nitrogens is 4. The summed E-state index contributed by atoms with van der Waals surface area (Å²) in [5, 5.41) is 17.0. The fraction of sp³-hybridized carbons (Fsp3) is 0.538. The van der Waals surface area contributed by atoms with Gasteiger partial charge in [-0.15, -0.1) is 16.4 Å². The Kier molecular flexibility index (Phi) is 5.75. The Balaban J connectivity index is 1.87. The molecule has 0 aliphatic heterocycles. The standard InChI is InChI=1S/C13H19N5OS2/c1-9(2)8-18-13(15-16-17-18)21-10(3)12(19)14-7-11-5-4-6-20-11/h4-6,9-10H,7-8H2,1-3H3,(H,14,19). The zero-order valence-electron chi connectivity index (χ0n) is 12.3. The van der Waals surface area contributed by atoms with E-state index in [1.54, 1.807) is 16.0 Å². The molecule has 0 bridgehead atoms. The molecule has 6 nitrogen and oxygen atoms in total. The van der Waals surface area contributed by atoms with Crippen LogP contribution in [0.5, 0.6) is 0 Å². The highest BCUT2D eigenvalue weighted by molar-refractivity contribution is 8.00. The SMILES string of the molecule is CC(C)Cn1nnnc1SC(C)C(=O)NCc1cccs1. The highest BCUT2D eigenvalue weighted by atomic mass is 32.2. The summed E-state index contributed by atoms with van der Waals surface area (Å²) in [6.07, 6.45) is 0. The predicted molar refractivity (Wildman–Crippen MR) is 84.1 cm³/mol. The van der Waals surface area contributed by atoms with Crippen LogP contribution in [0.15, 0.2) is 22.7 Å². The normalized spacial score (nSPS) is 12.6. The summed E-state index contributed by atoms with van der Waals surface area (Å²) in [4.78, 5) is 13.2. The Hall–Kier alpha value is -1.41. The molecule has 0 saturated heterocycles. The molecule has 2 heterocycles. The Morgan fingerprint density at radius 2 is 2.29 bits per heavy atom. The molecule has 0 spiro atoms. The average Bonchev–Trinajstić information content (AvgIpc) is 3.08. The molecule has 1 N–H and O–H groups in total. The minimum Gasteiger partial charge on any atom is -0.350 e. The van der Waals surface area contributed by atoms with E-state index < -0.39 is 0 Å². The number of nitrogens with zero attached hydrogens (tertiary/aromatic N) is 4. The van der Waals surface area contributed by atoms with E-state index in [0.29, 0.717) is 17.6 Å². The van der Waals surface area contributed by atoms with Crippen molar-refractivity contribution in [1.82, 2.24) is 25.5 Å². The molecular weight excluding hydrogens is 306 g/mol. The summed E-state index contributed by atoms with van der Waals surface area (Å²) < 4.78 is 1.75. The number of hydrogen-bond acceptors (Lipinski definition) is 6. The minimum absolute atomic E-state index is 0.00695. The largest absolute Gasteiger partial charge is 0.350 e. The van der Waals surface area contributed by atoms with Gasteiger partial charge in [0.2, 0.25) is 11.1 Å². The molecule has 2 aromatic rings. The van der Waals surface area contributed by atoms with Crippen LogP contribution >= 0.6 is 23.1 Å². The van der Waals surface area contributed by atoms with Gasteiger partial charge < -0.3 is 5.32 Å². The predicted octanol–water partition coefficient (Wildman–Crippen LogP) is 2.19. The van der Waals surface area contributed by atoms with Crippen LogP contribution in [0.25, 0.3) is 0 Å².